The first-order valence-corrected chi connectivity index (χ1v) is 20.0. The van der Waals surface area contributed by atoms with Gasteiger partial charge in [0.25, 0.3) is 0 Å². The van der Waals surface area contributed by atoms with E-state index >= 15 is 0 Å². The normalized spacial score (nSPS) is 12.3. The summed E-state index contributed by atoms with van der Waals surface area (Å²) in [6.45, 7) is 12.3. The number of carboxylic acids is 1. The SMILES string of the molecule is CCCCCCCC/C=C\CCCCCCC(C(=O)O)C(C)C.CCCCCCCC/C=C\CCCCCCCC(=O)OC(C)C. The summed E-state index contributed by atoms with van der Waals surface area (Å²) in [6, 6.07) is 0. The van der Waals surface area contributed by atoms with Gasteiger partial charge in [-0.2, -0.15) is 0 Å². The van der Waals surface area contributed by atoms with E-state index in [-0.39, 0.29) is 23.9 Å². The second kappa shape index (κ2) is 37.9. The lowest BCUT2D eigenvalue weighted by atomic mass is 9.90. The molecule has 1 unspecified atom stereocenters. The van der Waals surface area contributed by atoms with E-state index in [2.05, 4.69) is 38.2 Å². The first-order chi connectivity index (χ1) is 22.3. The van der Waals surface area contributed by atoms with Crippen LogP contribution in [-0.2, 0) is 14.3 Å². The van der Waals surface area contributed by atoms with Gasteiger partial charge < -0.3 is 9.84 Å². The minimum Gasteiger partial charge on any atom is -0.481 e. The van der Waals surface area contributed by atoms with Crippen molar-refractivity contribution in [2.75, 3.05) is 0 Å². The van der Waals surface area contributed by atoms with E-state index in [1.165, 1.54) is 141 Å². The van der Waals surface area contributed by atoms with E-state index in [0.29, 0.717) is 6.42 Å². The summed E-state index contributed by atoms with van der Waals surface area (Å²) in [7, 11) is 0. The summed E-state index contributed by atoms with van der Waals surface area (Å²) in [4.78, 5) is 22.5. The average Bonchev–Trinajstić information content (AvgIpc) is 3.00. The maximum Gasteiger partial charge on any atom is 0.306 e. The van der Waals surface area contributed by atoms with Crippen LogP contribution in [0.4, 0.5) is 0 Å². The highest BCUT2D eigenvalue weighted by molar-refractivity contribution is 5.70. The first-order valence-electron chi connectivity index (χ1n) is 20.0. The minimum atomic E-state index is -0.627. The van der Waals surface area contributed by atoms with E-state index in [0.717, 1.165) is 25.7 Å². The van der Waals surface area contributed by atoms with Crippen LogP contribution in [-0.4, -0.2) is 23.1 Å². The van der Waals surface area contributed by atoms with Gasteiger partial charge in [0.05, 0.1) is 12.0 Å². The molecule has 0 saturated carbocycles. The number of esters is 1. The van der Waals surface area contributed by atoms with Gasteiger partial charge in [-0.3, -0.25) is 9.59 Å². The molecule has 46 heavy (non-hydrogen) atoms. The third-order valence-electron chi connectivity index (χ3n) is 8.66. The van der Waals surface area contributed by atoms with Crippen LogP contribution in [0.5, 0.6) is 0 Å². The highest BCUT2D eigenvalue weighted by Gasteiger charge is 2.20. The average molecular weight is 649 g/mol. The van der Waals surface area contributed by atoms with Crippen LogP contribution in [0.2, 0.25) is 0 Å². The molecule has 4 heteroatoms. The third-order valence-corrected chi connectivity index (χ3v) is 8.66. The number of aliphatic carboxylic acids is 1. The quantitative estimate of drug-likeness (QED) is 0.0448. The molecule has 0 fully saturated rings. The van der Waals surface area contributed by atoms with E-state index < -0.39 is 5.97 Å². The smallest absolute Gasteiger partial charge is 0.306 e. The highest BCUT2D eigenvalue weighted by Crippen LogP contribution is 2.20. The Morgan fingerprint density at radius 3 is 1.22 bits per heavy atom. The molecular weight excluding hydrogens is 568 g/mol. The molecular formula is C42H80O4. The van der Waals surface area contributed by atoms with Crippen molar-refractivity contribution in [2.24, 2.45) is 11.8 Å². The Morgan fingerprint density at radius 1 is 0.522 bits per heavy atom. The highest BCUT2D eigenvalue weighted by atomic mass is 16.5. The maximum absolute atomic E-state index is 11.4. The zero-order valence-electron chi connectivity index (χ0n) is 31.8. The monoisotopic (exact) mass is 649 g/mol. The topological polar surface area (TPSA) is 63.6 Å². The van der Waals surface area contributed by atoms with Gasteiger partial charge in [-0.15, -0.1) is 0 Å². The molecule has 0 rings (SSSR count). The predicted octanol–water partition coefficient (Wildman–Crippen LogP) is 14.0. The zero-order chi connectivity index (χ0) is 34.5. The molecule has 0 amide bonds. The second-order valence-corrected chi connectivity index (χ2v) is 14.1. The Kier molecular flexibility index (Phi) is 38.3. The Morgan fingerprint density at radius 2 is 0.870 bits per heavy atom. The Labute approximate surface area is 288 Å². The van der Waals surface area contributed by atoms with E-state index in [1.807, 2.05) is 27.7 Å². The van der Waals surface area contributed by atoms with Crippen molar-refractivity contribution in [1.29, 1.82) is 0 Å². The largest absolute Gasteiger partial charge is 0.481 e. The van der Waals surface area contributed by atoms with E-state index in [4.69, 9.17) is 9.84 Å². The number of allylic oxidation sites excluding steroid dienone is 4. The molecule has 1 atom stereocenters. The summed E-state index contributed by atoms with van der Waals surface area (Å²) in [5.41, 5.74) is 0. The molecule has 0 spiro atoms. The van der Waals surface area contributed by atoms with Crippen LogP contribution in [0.25, 0.3) is 0 Å². The number of carboxylic acid groups (broad SMARTS) is 1. The number of rotatable bonds is 32. The van der Waals surface area contributed by atoms with Gasteiger partial charge in [-0.25, -0.2) is 0 Å². The van der Waals surface area contributed by atoms with Crippen LogP contribution < -0.4 is 0 Å². The zero-order valence-corrected chi connectivity index (χ0v) is 31.8. The fourth-order valence-electron chi connectivity index (χ4n) is 5.66. The van der Waals surface area contributed by atoms with Crippen LogP contribution >= 0.6 is 0 Å². The number of ether oxygens (including phenoxy) is 1. The van der Waals surface area contributed by atoms with Crippen molar-refractivity contribution in [3.63, 3.8) is 0 Å². The summed E-state index contributed by atoms with van der Waals surface area (Å²) in [6.07, 6.45) is 42.9. The van der Waals surface area contributed by atoms with Gasteiger partial charge in [0.2, 0.25) is 0 Å². The number of hydrogen-bond donors (Lipinski definition) is 1. The van der Waals surface area contributed by atoms with Crippen LogP contribution in [0.3, 0.4) is 0 Å². The number of hydrogen-bond acceptors (Lipinski definition) is 3. The second-order valence-electron chi connectivity index (χ2n) is 14.1. The molecule has 0 aliphatic heterocycles. The maximum atomic E-state index is 11.4. The Bertz CT molecular complexity index is 692. The molecule has 0 aromatic carbocycles. The predicted molar refractivity (Wildman–Crippen MR) is 201 cm³/mol. The lowest BCUT2D eigenvalue weighted by Gasteiger charge is -2.15. The number of carbonyl (C=O) groups excluding carboxylic acids is 1. The molecule has 4 nitrogen and oxygen atoms in total. The van der Waals surface area contributed by atoms with E-state index in [9.17, 15) is 9.59 Å². The molecule has 0 saturated heterocycles. The Balaban J connectivity index is 0. The van der Waals surface area contributed by atoms with Crippen molar-refractivity contribution in [2.45, 2.75) is 221 Å². The van der Waals surface area contributed by atoms with Gasteiger partial charge in [-0.05, 0) is 84.0 Å². The van der Waals surface area contributed by atoms with Crippen LogP contribution in [0, 0.1) is 11.8 Å². The molecule has 0 aliphatic carbocycles. The van der Waals surface area contributed by atoms with Gasteiger partial charge >= 0.3 is 11.9 Å². The fraction of sp³-hybridized carbons (Fsp3) is 0.857. The minimum absolute atomic E-state index is 0.0191. The summed E-state index contributed by atoms with van der Waals surface area (Å²) in [5.74, 6) is -0.583. The number of unbranched alkanes of at least 4 members (excludes halogenated alkanes) is 21. The van der Waals surface area contributed by atoms with Gasteiger partial charge in [0, 0.05) is 6.42 Å². The van der Waals surface area contributed by atoms with Crippen molar-refractivity contribution in [1.82, 2.24) is 0 Å². The third kappa shape index (κ3) is 38.6. The van der Waals surface area contributed by atoms with Gasteiger partial charge in [0.15, 0.2) is 0 Å². The Hall–Kier alpha value is -1.58. The first kappa shape index (κ1) is 46.5. The molecule has 1 N–H and O–H groups in total. The standard InChI is InChI=1S/2C21H40O2/c1-4-5-6-7-8-9-10-11-12-13-14-15-16-17-18-19-21(22)23-20(2)3;1-4-5-6-7-8-9-10-11-12-13-14-15-16-17-18-20(19(2)3)21(22)23/h11-12,20H,4-10,13-19H2,1-3H3;11-12,19-20H,4-10,13-18H2,1-3H3,(H,22,23)/b2*12-11-. The van der Waals surface area contributed by atoms with Crippen molar-refractivity contribution in [3.8, 4) is 0 Å². The van der Waals surface area contributed by atoms with Crippen LogP contribution in [0.1, 0.15) is 215 Å². The summed E-state index contributed by atoms with van der Waals surface area (Å²) < 4.78 is 5.12. The van der Waals surface area contributed by atoms with Gasteiger partial charge in [-0.1, -0.05) is 155 Å². The van der Waals surface area contributed by atoms with Crippen molar-refractivity contribution in [3.05, 3.63) is 24.3 Å². The molecule has 0 heterocycles. The number of carbonyl (C=O) groups is 2. The fourth-order valence-corrected chi connectivity index (χ4v) is 5.66. The molecule has 272 valence electrons. The summed E-state index contributed by atoms with van der Waals surface area (Å²) in [5, 5.41) is 9.14. The summed E-state index contributed by atoms with van der Waals surface area (Å²) >= 11 is 0. The van der Waals surface area contributed by atoms with Crippen molar-refractivity contribution < 1.29 is 19.4 Å². The molecule has 0 aliphatic rings. The lowest BCUT2D eigenvalue weighted by Crippen LogP contribution is -2.19. The van der Waals surface area contributed by atoms with Crippen LogP contribution in [0.15, 0.2) is 24.3 Å². The molecule has 0 aromatic rings. The van der Waals surface area contributed by atoms with Gasteiger partial charge in [0.1, 0.15) is 0 Å². The van der Waals surface area contributed by atoms with Crippen molar-refractivity contribution >= 4 is 11.9 Å². The molecule has 0 bridgehead atoms. The molecule has 0 aromatic heterocycles. The lowest BCUT2D eigenvalue weighted by molar-refractivity contribution is -0.147. The van der Waals surface area contributed by atoms with E-state index in [1.54, 1.807) is 0 Å². The molecule has 0 radical (unpaired) electrons.